The smallest absolute Gasteiger partial charge is 0.244 e. The van der Waals surface area contributed by atoms with Crippen LogP contribution in [0.15, 0.2) is 30.3 Å². The van der Waals surface area contributed by atoms with Gasteiger partial charge in [0.15, 0.2) is 0 Å². The summed E-state index contributed by atoms with van der Waals surface area (Å²) in [5, 5.41) is 0. The number of benzene rings is 1. The minimum absolute atomic E-state index is 0.184. The zero-order valence-corrected chi connectivity index (χ0v) is 13.6. The first-order valence-corrected chi connectivity index (χ1v) is 7.75. The van der Waals surface area contributed by atoms with Gasteiger partial charge in [0.1, 0.15) is 6.04 Å². The van der Waals surface area contributed by atoms with Crippen LogP contribution in [-0.4, -0.2) is 66.9 Å². The number of hydrogen-bond donors (Lipinski definition) is 0. The highest BCUT2D eigenvalue weighted by Crippen LogP contribution is 2.21. The molecule has 1 saturated heterocycles. The summed E-state index contributed by atoms with van der Waals surface area (Å²) < 4.78 is 0. The molecule has 4 nitrogen and oxygen atoms in total. The lowest BCUT2D eigenvalue weighted by molar-refractivity contribution is -0.138. The highest BCUT2D eigenvalue weighted by Gasteiger charge is 2.30. The van der Waals surface area contributed by atoms with Crippen LogP contribution in [-0.2, 0) is 4.79 Å². The maximum Gasteiger partial charge on any atom is 0.244 e. The molecule has 1 aromatic carbocycles. The zero-order valence-electron chi connectivity index (χ0n) is 13.6. The molecule has 0 bridgehead atoms. The van der Waals surface area contributed by atoms with Gasteiger partial charge in [-0.25, -0.2) is 0 Å². The fourth-order valence-electron chi connectivity index (χ4n) is 2.93. The van der Waals surface area contributed by atoms with Gasteiger partial charge in [-0.15, -0.1) is 0 Å². The Morgan fingerprint density at radius 2 is 1.62 bits per heavy atom. The molecular formula is C17H27N3O. The number of piperazine rings is 1. The first kappa shape index (κ1) is 16.0. The molecule has 1 aromatic rings. The molecule has 1 amide bonds. The lowest BCUT2D eigenvalue weighted by Gasteiger charge is -2.39. The van der Waals surface area contributed by atoms with Crippen LogP contribution >= 0.6 is 0 Å². The van der Waals surface area contributed by atoms with E-state index in [2.05, 4.69) is 18.7 Å². The summed E-state index contributed by atoms with van der Waals surface area (Å²) in [4.78, 5) is 19.3. The third-order valence-corrected chi connectivity index (χ3v) is 4.22. The molecule has 0 aliphatic carbocycles. The van der Waals surface area contributed by atoms with Crippen molar-refractivity contribution in [2.24, 2.45) is 0 Å². The fourth-order valence-corrected chi connectivity index (χ4v) is 2.93. The number of amides is 1. The Morgan fingerprint density at radius 1 is 1.05 bits per heavy atom. The van der Waals surface area contributed by atoms with Gasteiger partial charge < -0.3 is 4.90 Å². The topological polar surface area (TPSA) is 26.8 Å². The Bertz CT molecular complexity index is 450. The molecule has 0 radical (unpaired) electrons. The molecule has 116 valence electrons. The predicted octanol–water partition coefficient (Wildman–Crippen LogP) is 1.84. The second-order valence-electron chi connectivity index (χ2n) is 6.23. The van der Waals surface area contributed by atoms with Crippen molar-refractivity contribution in [2.75, 3.05) is 40.3 Å². The maximum absolute atomic E-state index is 12.9. The second-order valence-corrected chi connectivity index (χ2v) is 6.23. The van der Waals surface area contributed by atoms with Gasteiger partial charge in [0.2, 0.25) is 5.91 Å². The van der Waals surface area contributed by atoms with E-state index in [0.29, 0.717) is 6.04 Å². The Kier molecular flexibility index (Phi) is 5.37. The minimum atomic E-state index is -0.184. The van der Waals surface area contributed by atoms with Gasteiger partial charge in [-0.2, -0.15) is 0 Å². The molecule has 1 aliphatic heterocycles. The molecule has 0 spiro atoms. The minimum Gasteiger partial charge on any atom is -0.338 e. The van der Waals surface area contributed by atoms with Crippen LogP contribution in [0, 0.1) is 0 Å². The average molecular weight is 289 g/mol. The maximum atomic E-state index is 12.9. The van der Waals surface area contributed by atoms with Gasteiger partial charge in [-0.05, 0) is 33.5 Å². The Hall–Kier alpha value is -1.39. The highest BCUT2D eigenvalue weighted by molar-refractivity contribution is 5.83. The summed E-state index contributed by atoms with van der Waals surface area (Å²) in [6.45, 7) is 8.02. The number of likely N-dealkylation sites (N-methyl/N-ethyl adjacent to an activating group) is 1. The van der Waals surface area contributed by atoms with E-state index in [0.717, 1.165) is 31.7 Å². The van der Waals surface area contributed by atoms with Crippen LogP contribution in [0.2, 0.25) is 0 Å². The molecule has 1 fully saturated rings. The second kappa shape index (κ2) is 7.05. The van der Waals surface area contributed by atoms with E-state index in [1.807, 2.05) is 54.2 Å². The summed E-state index contributed by atoms with van der Waals surface area (Å²) in [5.74, 6) is 0.217. The van der Waals surface area contributed by atoms with E-state index in [-0.39, 0.29) is 11.9 Å². The largest absolute Gasteiger partial charge is 0.338 e. The molecule has 1 heterocycles. The first-order chi connectivity index (χ1) is 10.0. The predicted molar refractivity (Wildman–Crippen MR) is 86.2 cm³/mol. The molecule has 21 heavy (non-hydrogen) atoms. The summed E-state index contributed by atoms with van der Waals surface area (Å²) >= 11 is 0. The van der Waals surface area contributed by atoms with Crippen LogP contribution in [0.1, 0.15) is 25.5 Å². The molecule has 0 aromatic heterocycles. The van der Waals surface area contributed by atoms with E-state index in [1.165, 1.54) is 0 Å². The first-order valence-electron chi connectivity index (χ1n) is 7.75. The van der Waals surface area contributed by atoms with Crippen LogP contribution in [0.3, 0.4) is 0 Å². The Labute approximate surface area is 128 Å². The molecule has 1 unspecified atom stereocenters. The summed E-state index contributed by atoms with van der Waals surface area (Å²) in [6, 6.07) is 10.4. The number of carbonyl (C=O) groups excluding carboxylic acids is 1. The quantitative estimate of drug-likeness (QED) is 0.846. The van der Waals surface area contributed by atoms with Gasteiger partial charge >= 0.3 is 0 Å². The molecule has 2 rings (SSSR count). The molecular weight excluding hydrogens is 262 g/mol. The summed E-state index contributed by atoms with van der Waals surface area (Å²) in [5.41, 5.74) is 1.07. The van der Waals surface area contributed by atoms with Gasteiger partial charge in [-0.1, -0.05) is 30.3 Å². The lowest BCUT2D eigenvalue weighted by atomic mass is 10.0. The number of rotatable bonds is 4. The molecule has 4 heteroatoms. The highest BCUT2D eigenvalue weighted by atomic mass is 16.2. The van der Waals surface area contributed by atoms with Gasteiger partial charge in [-0.3, -0.25) is 14.6 Å². The van der Waals surface area contributed by atoms with Gasteiger partial charge in [0.05, 0.1) is 0 Å². The normalized spacial score (nSPS) is 18.3. The van der Waals surface area contributed by atoms with E-state index in [1.54, 1.807) is 0 Å². The molecule has 0 saturated carbocycles. The van der Waals surface area contributed by atoms with Crippen LogP contribution in [0.4, 0.5) is 0 Å². The molecule has 1 aliphatic rings. The lowest BCUT2D eigenvalue weighted by Crippen LogP contribution is -2.52. The van der Waals surface area contributed by atoms with E-state index in [9.17, 15) is 4.79 Å². The van der Waals surface area contributed by atoms with Gasteiger partial charge in [0, 0.05) is 32.2 Å². The van der Waals surface area contributed by atoms with E-state index >= 15 is 0 Å². The Morgan fingerprint density at radius 3 is 2.10 bits per heavy atom. The SMILES string of the molecule is CC(C)N1CCN(C(=O)C(c2ccccc2)N(C)C)CC1. The Balaban J connectivity index is 2.07. The van der Waals surface area contributed by atoms with Crippen LogP contribution < -0.4 is 0 Å². The monoisotopic (exact) mass is 289 g/mol. The van der Waals surface area contributed by atoms with Crippen molar-refractivity contribution in [3.63, 3.8) is 0 Å². The molecule has 1 atom stereocenters. The van der Waals surface area contributed by atoms with Crippen molar-refractivity contribution < 1.29 is 4.79 Å². The third-order valence-electron chi connectivity index (χ3n) is 4.22. The van der Waals surface area contributed by atoms with Crippen molar-refractivity contribution in [2.45, 2.75) is 25.9 Å². The van der Waals surface area contributed by atoms with Crippen molar-refractivity contribution in [1.82, 2.24) is 14.7 Å². The van der Waals surface area contributed by atoms with Crippen molar-refractivity contribution in [3.05, 3.63) is 35.9 Å². The standard InChI is InChI=1S/C17H27N3O/c1-14(2)19-10-12-20(13-11-19)17(21)16(18(3)4)15-8-6-5-7-9-15/h5-9,14,16H,10-13H2,1-4H3. The number of nitrogens with zero attached hydrogens (tertiary/aromatic N) is 3. The number of carbonyl (C=O) groups is 1. The van der Waals surface area contributed by atoms with E-state index < -0.39 is 0 Å². The summed E-state index contributed by atoms with van der Waals surface area (Å²) in [7, 11) is 3.94. The fraction of sp³-hybridized carbons (Fsp3) is 0.588. The van der Waals surface area contributed by atoms with Crippen LogP contribution in [0.25, 0.3) is 0 Å². The zero-order chi connectivity index (χ0) is 15.4. The van der Waals surface area contributed by atoms with E-state index in [4.69, 9.17) is 0 Å². The molecule has 0 N–H and O–H groups in total. The van der Waals surface area contributed by atoms with Gasteiger partial charge in [0.25, 0.3) is 0 Å². The van der Waals surface area contributed by atoms with Crippen molar-refractivity contribution in [1.29, 1.82) is 0 Å². The average Bonchev–Trinajstić information content (AvgIpc) is 2.48. The third kappa shape index (κ3) is 3.83. The van der Waals surface area contributed by atoms with Crippen LogP contribution in [0.5, 0.6) is 0 Å². The number of hydrogen-bond acceptors (Lipinski definition) is 3. The van der Waals surface area contributed by atoms with Crippen molar-refractivity contribution in [3.8, 4) is 0 Å². The van der Waals surface area contributed by atoms with Crippen molar-refractivity contribution >= 4 is 5.91 Å². The summed E-state index contributed by atoms with van der Waals surface area (Å²) in [6.07, 6.45) is 0.